The van der Waals surface area contributed by atoms with Gasteiger partial charge >= 0.3 is 6.09 Å². The van der Waals surface area contributed by atoms with Crippen LogP contribution in [-0.4, -0.2) is 47.9 Å². The maximum absolute atomic E-state index is 13.1. The average molecular weight is 440 g/mol. The third-order valence-corrected chi connectivity index (χ3v) is 7.71. The summed E-state index contributed by atoms with van der Waals surface area (Å²) in [5.74, 6) is -1.13. The summed E-state index contributed by atoms with van der Waals surface area (Å²) in [5, 5.41) is 8.02. The molecule has 2 aliphatic heterocycles. The van der Waals surface area contributed by atoms with Crippen molar-refractivity contribution >= 4 is 22.0 Å². The molecule has 1 aliphatic carbocycles. The zero-order valence-corrected chi connectivity index (χ0v) is 17.5. The summed E-state index contributed by atoms with van der Waals surface area (Å²) in [5.41, 5.74) is 1.74. The number of rotatable bonds is 4. The number of likely N-dealkylation sites (tertiary alicyclic amines) is 1. The minimum absolute atomic E-state index is 0.0460. The maximum atomic E-state index is 13.1. The molecule has 9 nitrogen and oxygen atoms in total. The maximum Gasteiger partial charge on any atom is 0.417 e. The number of imide groups is 1. The van der Waals surface area contributed by atoms with Crippen molar-refractivity contribution in [2.24, 2.45) is 16.3 Å². The number of sulfonamides is 1. The molecule has 4 atom stereocenters. The first-order valence-electron chi connectivity index (χ1n) is 9.93. The lowest BCUT2D eigenvalue weighted by Gasteiger charge is -2.32. The molecule has 2 heterocycles. The Morgan fingerprint density at radius 2 is 1.84 bits per heavy atom. The van der Waals surface area contributed by atoms with Crippen molar-refractivity contribution in [3.05, 3.63) is 65.7 Å². The van der Waals surface area contributed by atoms with Crippen LogP contribution in [0.4, 0.5) is 4.79 Å². The number of hydrogen-bond donors (Lipinski definition) is 0. The molecule has 0 aromatic heterocycles. The summed E-state index contributed by atoms with van der Waals surface area (Å²) in [6.45, 7) is 1.91. The molecule has 1 saturated carbocycles. The number of ether oxygens (including phenoxy) is 1. The van der Waals surface area contributed by atoms with Crippen LogP contribution in [0.2, 0.25) is 0 Å². The van der Waals surface area contributed by atoms with Gasteiger partial charge in [0.05, 0.1) is 16.9 Å². The summed E-state index contributed by atoms with van der Waals surface area (Å²) in [4.78, 5) is 26.7. The van der Waals surface area contributed by atoms with Crippen LogP contribution >= 0.6 is 0 Å². The van der Waals surface area contributed by atoms with E-state index < -0.39 is 46.1 Å². The molecular formula is C21H20N4O5S. The van der Waals surface area contributed by atoms with Crippen LogP contribution in [0.25, 0.3) is 0 Å². The Morgan fingerprint density at radius 3 is 2.55 bits per heavy atom. The van der Waals surface area contributed by atoms with Crippen molar-refractivity contribution in [1.29, 1.82) is 0 Å². The van der Waals surface area contributed by atoms with Gasteiger partial charge in [0.2, 0.25) is 5.91 Å². The molecule has 10 heteroatoms. The Kier molecular flexibility index (Phi) is 4.54. The molecule has 31 heavy (non-hydrogen) atoms. The first kappa shape index (κ1) is 19.7. The minimum atomic E-state index is -3.95. The van der Waals surface area contributed by atoms with Gasteiger partial charge in [-0.15, -0.1) is 0 Å². The Hall–Kier alpha value is -3.27. The van der Waals surface area contributed by atoms with Crippen LogP contribution in [0.3, 0.4) is 0 Å². The Balaban J connectivity index is 1.34. The Morgan fingerprint density at radius 1 is 1.13 bits per heavy atom. The molecule has 0 spiro atoms. The number of nitrogens with zero attached hydrogens (tertiary/aromatic N) is 4. The highest BCUT2D eigenvalue weighted by Crippen LogP contribution is 2.47. The summed E-state index contributed by atoms with van der Waals surface area (Å²) in [6.07, 6.45) is -0.400. The highest BCUT2D eigenvalue weighted by Gasteiger charge is 2.65. The number of hydrogen-bond acceptors (Lipinski definition) is 7. The van der Waals surface area contributed by atoms with E-state index in [9.17, 15) is 18.0 Å². The summed E-state index contributed by atoms with van der Waals surface area (Å²) >= 11 is 0. The standard InChI is InChI=1S/C21H20N4O5S/c1-13-7-9-15(10-8-13)31(28,29)25-19-16-11-17(18(19)22-23-25)24(20(16)26)21(27)30-12-14-5-3-2-4-6-14/h2-10,16-19H,11-12H2,1H3/t16-,17+,18-,19+/m1/s1. The largest absolute Gasteiger partial charge is 0.444 e. The summed E-state index contributed by atoms with van der Waals surface area (Å²) < 4.78 is 32.5. The number of amides is 2. The van der Waals surface area contributed by atoms with Gasteiger partial charge in [-0.05, 0) is 31.0 Å². The van der Waals surface area contributed by atoms with Crippen molar-refractivity contribution in [3.63, 3.8) is 0 Å². The molecule has 0 N–H and O–H groups in total. The van der Waals surface area contributed by atoms with E-state index in [1.165, 1.54) is 12.1 Å². The highest BCUT2D eigenvalue weighted by atomic mass is 32.2. The number of piperidine rings is 1. The smallest absolute Gasteiger partial charge is 0.417 e. The molecule has 1 saturated heterocycles. The molecule has 2 aromatic rings. The second-order valence-corrected chi connectivity index (χ2v) is 9.73. The first-order chi connectivity index (χ1) is 14.9. The van der Waals surface area contributed by atoms with Gasteiger partial charge in [-0.2, -0.15) is 17.9 Å². The van der Waals surface area contributed by atoms with Crippen LogP contribution < -0.4 is 0 Å². The van der Waals surface area contributed by atoms with Gasteiger partial charge < -0.3 is 4.74 Å². The number of fused-ring (bicyclic) bond motifs is 5. The lowest BCUT2D eigenvalue weighted by Crippen LogP contribution is -2.55. The fourth-order valence-electron chi connectivity index (χ4n) is 4.49. The fourth-order valence-corrected chi connectivity index (χ4v) is 5.92. The van der Waals surface area contributed by atoms with Gasteiger partial charge in [-0.25, -0.2) is 9.69 Å². The van der Waals surface area contributed by atoms with E-state index in [2.05, 4.69) is 10.3 Å². The van der Waals surface area contributed by atoms with Gasteiger partial charge in [-0.3, -0.25) is 4.79 Å². The Labute approximate surface area is 179 Å². The number of benzene rings is 2. The van der Waals surface area contributed by atoms with Crippen molar-refractivity contribution in [2.45, 2.75) is 43.0 Å². The summed E-state index contributed by atoms with van der Waals surface area (Å²) in [7, 11) is -3.95. The molecule has 2 aromatic carbocycles. The van der Waals surface area contributed by atoms with E-state index in [1.807, 2.05) is 37.3 Å². The van der Waals surface area contributed by atoms with Gasteiger partial charge in [0.25, 0.3) is 10.0 Å². The van der Waals surface area contributed by atoms with E-state index in [1.54, 1.807) is 12.1 Å². The summed E-state index contributed by atoms with van der Waals surface area (Å²) in [6, 6.07) is 13.7. The minimum Gasteiger partial charge on any atom is -0.444 e. The quantitative estimate of drug-likeness (QED) is 0.726. The second-order valence-electron chi connectivity index (χ2n) is 7.93. The van der Waals surface area contributed by atoms with Gasteiger partial charge in [-0.1, -0.05) is 53.3 Å². The van der Waals surface area contributed by atoms with Crippen molar-refractivity contribution in [3.8, 4) is 0 Å². The molecule has 2 fully saturated rings. The number of aryl methyl sites for hydroxylation is 1. The van der Waals surface area contributed by atoms with Gasteiger partial charge in [0.1, 0.15) is 18.7 Å². The van der Waals surface area contributed by atoms with E-state index in [4.69, 9.17) is 4.74 Å². The van der Waals surface area contributed by atoms with Gasteiger partial charge in [0, 0.05) is 0 Å². The van der Waals surface area contributed by atoms with Crippen molar-refractivity contribution in [1.82, 2.24) is 9.31 Å². The number of carbonyl (C=O) groups excluding carboxylic acids is 2. The first-order valence-corrected chi connectivity index (χ1v) is 11.4. The topological polar surface area (TPSA) is 109 Å². The SMILES string of the molecule is Cc1ccc(S(=O)(=O)N2N=N[C@H]3[C@@H]2[C@H]2C[C@@H]3N(C(=O)OCc3ccccc3)C2=O)cc1. The van der Waals surface area contributed by atoms with Crippen LogP contribution in [0.1, 0.15) is 17.5 Å². The third-order valence-electron chi connectivity index (χ3n) is 6.03. The molecular weight excluding hydrogens is 420 g/mol. The predicted molar refractivity (Wildman–Crippen MR) is 108 cm³/mol. The van der Waals surface area contributed by atoms with Crippen LogP contribution in [0.5, 0.6) is 0 Å². The Bertz CT molecular complexity index is 1170. The lowest BCUT2D eigenvalue weighted by molar-refractivity contribution is -0.134. The van der Waals surface area contributed by atoms with E-state index in [0.717, 1.165) is 20.4 Å². The zero-order chi connectivity index (χ0) is 21.8. The molecule has 2 bridgehead atoms. The molecule has 160 valence electrons. The zero-order valence-electron chi connectivity index (χ0n) is 16.7. The lowest BCUT2D eigenvalue weighted by atomic mass is 10.00. The van der Waals surface area contributed by atoms with Crippen molar-refractivity contribution in [2.75, 3.05) is 0 Å². The van der Waals surface area contributed by atoms with Crippen LogP contribution in [-0.2, 0) is 26.2 Å². The fraction of sp³-hybridized carbons (Fsp3) is 0.333. The van der Waals surface area contributed by atoms with E-state index >= 15 is 0 Å². The normalized spacial score (nSPS) is 26.4. The molecule has 0 radical (unpaired) electrons. The molecule has 0 unspecified atom stereocenters. The van der Waals surface area contributed by atoms with Crippen molar-refractivity contribution < 1.29 is 22.7 Å². The monoisotopic (exact) mass is 440 g/mol. The highest BCUT2D eigenvalue weighted by molar-refractivity contribution is 7.89. The molecule has 2 amide bonds. The molecule has 3 aliphatic rings. The van der Waals surface area contributed by atoms with Crippen LogP contribution in [0.15, 0.2) is 69.8 Å². The predicted octanol–water partition coefficient (Wildman–Crippen LogP) is 2.67. The molecule has 5 rings (SSSR count). The number of carbonyl (C=O) groups is 2. The van der Waals surface area contributed by atoms with Gasteiger partial charge in [0.15, 0.2) is 0 Å². The second kappa shape index (κ2) is 7.16. The van der Waals surface area contributed by atoms with E-state index in [-0.39, 0.29) is 11.5 Å². The average Bonchev–Trinajstić information content (AvgIpc) is 3.44. The van der Waals surface area contributed by atoms with E-state index in [0.29, 0.717) is 6.42 Å². The third kappa shape index (κ3) is 3.09. The van der Waals surface area contributed by atoms with Crippen LogP contribution in [0, 0.1) is 12.8 Å².